The molecule has 0 radical (unpaired) electrons. The van der Waals surface area contributed by atoms with Gasteiger partial charge in [0, 0.05) is 11.6 Å². The summed E-state index contributed by atoms with van der Waals surface area (Å²) in [6.07, 6.45) is 3.32. The highest BCUT2D eigenvalue weighted by atomic mass is 16.5. The van der Waals surface area contributed by atoms with Crippen molar-refractivity contribution in [3.05, 3.63) is 23.3 Å². The number of hydrogen-bond acceptors (Lipinski definition) is 3. The molecule has 1 aliphatic rings. The van der Waals surface area contributed by atoms with Crippen LogP contribution in [0.2, 0.25) is 0 Å². The zero-order valence-electron chi connectivity index (χ0n) is 10.8. The van der Waals surface area contributed by atoms with Gasteiger partial charge in [-0.15, -0.1) is 0 Å². The molecule has 1 aromatic carbocycles. The fourth-order valence-electron chi connectivity index (χ4n) is 2.66. The van der Waals surface area contributed by atoms with Crippen LogP contribution in [0.3, 0.4) is 0 Å². The van der Waals surface area contributed by atoms with Crippen LogP contribution < -0.4 is 15.2 Å². The summed E-state index contributed by atoms with van der Waals surface area (Å²) in [5, 5.41) is 0. The highest BCUT2D eigenvalue weighted by molar-refractivity contribution is 5.49. The van der Waals surface area contributed by atoms with E-state index < -0.39 is 0 Å². The molecule has 1 aliphatic carbocycles. The molecule has 17 heavy (non-hydrogen) atoms. The lowest BCUT2D eigenvalue weighted by molar-refractivity contribution is 0.261. The molecule has 3 nitrogen and oxygen atoms in total. The first-order valence-electron chi connectivity index (χ1n) is 6.11. The van der Waals surface area contributed by atoms with E-state index in [-0.39, 0.29) is 0 Å². The van der Waals surface area contributed by atoms with E-state index >= 15 is 0 Å². The number of methoxy groups -OCH3 is 2. The molecule has 3 heteroatoms. The molecule has 0 aromatic heterocycles. The smallest absolute Gasteiger partial charge is 0.128 e. The summed E-state index contributed by atoms with van der Waals surface area (Å²) in [6.45, 7) is 2.04. The Kier molecular flexibility index (Phi) is 3.57. The minimum Gasteiger partial charge on any atom is -0.496 e. The molecule has 0 bridgehead atoms. The molecule has 1 fully saturated rings. The average molecular weight is 235 g/mol. The van der Waals surface area contributed by atoms with Crippen molar-refractivity contribution >= 4 is 0 Å². The van der Waals surface area contributed by atoms with E-state index in [1.165, 1.54) is 5.56 Å². The predicted molar refractivity (Wildman–Crippen MR) is 68.7 cm³/mol. The third-order valence-corrected chi connectivity index (χ3v) is 3.64. The summed E-state index contributed by atoms with van der Waals surface area (Å²) in [5.74, 6) is 2.56. The van der Waals surface area contributed by atoms with E-state index in [9.17, 15) is 0 Å². The van der Waals surface area contributed by atoms with Crippen molar-refractivity contribution in [2.45, 2.75) is 32.2 Å². The Bertz CT molecular complexity index is 397. The number of benzene rings is 1. The van der Waals surface area contributed by atoms with Gasteiger partial charge in [-0.3, -0.25) is 0 Å². The molecular weight excluding hydrogens is 214 g/mol. The fourth-order valence-corrected chi connectivity index (χ4v) is 2.66. The molecule has 1 saturated carbocycles. The van der Waals surface area contributed by atoms with Gasteiger partial charge >= 0.3 is 0 Å². The largest absolute Gasteiger partial charge is 0.496 e. The van der Waals surface area contributed by atoms with Crippen molar-refractivity contribution in [1.29, 1.82) is 0 Å². The minimum absolute atomic E-state index is 0.408. The summed E-state index contributed by atoms with van der Waals surface area (Å²) >= 11 is 0. The predicted octanol–water partition coefficient (Wildman–Crippen LogP) is 2.29. The fraction of sp³-hybridized carbons (Fsp3) is 0.571. The van der Waals surface area contributed by atoms with Crippen LogP contribution in [0.25, 0.3) is 0 Å². The van der Waals surface area contributed by atoms with Crippen LogP contribution >= 0.6 is 0 Å². The second kappa shape index (κ2) is 4.96. The summed E-state index contributed by atoms with van der Waals surface area (Å²) < 4.78 is 10.8. The lowest BCUT2D eigenvalue weighted by Crippen LogP contribution is -2.37. The van der Waals surface area contributed by atoms with Crippen molar-refractivity contribution in [2.24, 2.45) is 11.7 Å². The van der Waals surface area contributed by atoms with E-state index in [0.717, 1.165) is 36.3 Å². The summed E-state index contributed by atoms with van der Waals surface area (Å²) in [5.41, 5.74) is 8.16. The Morgan fingerprint density at radius 1 is 1.24 bits per heavy atom. The Hall–Kier alpha value is -1.22. The molecule has 1 aromatic rings. The molecule has 0 spiro atoms. The third-order valence-electron chi connectivity index (χ3n) is 3.64. The van der Waals surface area contributed by atoms with Crippen LogP contribution in [-0.2, 0) is 6.42 Å². The third kappa shape index (κ3) is 2.39. The maximum absolute atomic E-state index is 5.82. The van der Waals surface area contributed by atoms with Gasteiger partial charge in [0.2, 0.25) is 0 Å². The zero-order valence-corrected chi connectivity index (χ0v) is 10.8. The van der Waals surface area contributed by atoms with Crippen LogP contribution in [0, 0.1) is 12.8 Å². The van der Waals surface area contributed by atoms with E-state index in [0.29, 0.717) is 12.0 Å². The second-order valence-electron chi connectivity index (χ2n) is 4.89. The molecule has 0 saturated heterocycles. The van der Waals surface area contributed by atoms with Gasteiger partial charge < -0.3 is 15.2 Å². The number of hydrogen-bond donors (Lipinski definition) is 1. The topological polar surface area (TPSA) is 44.5 Å². The number of ether oxygens (including phenoxy) is 2. The number of nitrogens with two attached hydrogens (primary N) is 1. The highest BCUT2D eigenvalue weighted by Gasteiger charge is 2.27. The zero-order chi connectivity index (χ0) is 12.4. The Morgan fingerprint density at radius 3 is 2.47 bits per heavy atom. The summed E-state index contributed by atoms with van der Waals surface area (Å²) in [7, 11) is 3.41. The van der Waals surface area contributed by atoms with Gasteiger partial charge in [0.1, 0.15) is 11.5 Å². The van der Waals surface area contributed by atoms with Crippen LogP contribution in [0.1, 0.15) is 24.0 Å². The lowest BCUT2D eigenvalue weighted by Gasteiger charge is -2.33. The van der Waals surface area contributed by atoms with Crippen molar-refractivity contribution in [1.82, 2.24) is 0 Å². The van der Waals surface area contributed by atoms with Gasteiger partial charge in [-0.25, -0.2) is 0 Å². The van der Waals surface area contributed by atoms with E-state index in [1.807, 2.05) is 13.0 Å². The molecule has 94 valence electrons. The average Bonchev–Trinajstić information content (AvgIpc) is 2.27. The highest BCUT2D eigenvalue weighted by Crippen LogP contribution is 2.36. The van der Waals surface area contributed by atoms with Crippen LogP contribution in [0.15, 0.2) is 12.1 Å². The van der Waals surface area contributed by atoms with E-state index in [2.05, 4.69) is 6.07 Å². The van der Waals surface area contributed by atoms with Gasteiger partial charge in [0.15, 0.2) is 0 Å². The standard InChI is InChI=1S/C14H21NO2/c1-9-13(16-2)5-4-11(14(9)17-3)6-10-7-12(15)8-10/h4-5,10,12H,6-8,15H2,1-3H3. The maximum Gasteiger partial charge on any atom is 0.128 e. The molecule has 0 aliphatic heterocycles. The monoisotopic (exact) mass is 235 g/mol. The SMILES string of the molecule is COc1ccc(CC2CC(N)C2)c(OC)c1C. The van der Waals surface area contributed by atoms with Crippen molar-refractivity contribution in [2.75, 3.05) is 14.2 Å². The van der Waals surface area contributed by atoms with Crippen LogP contribution in [0.4, 0.5) is 0 Å². The van der Waals surface area contributed by atoms with Crippen molar-refractivity contribution < 1.29 is 9.47 Å². The second-order valence-corrected chi connectivity index (χ2v) is 4.89. The first-order valence-corrected chi connectivity index (χ1v) is 6.11. The molecule has 0 heterocycles. The molecule has 2 rings (SSSR count). The molecular formula is C14H21NO2. The summed E-state index contributed by atoms with van der Waals surface area (Å²) in [4.78, 5) is 0. The van der Waals surface area contributed by atoms with Gasteiger partial charge in [0.05, 0.1) is 14.2 Å². The van der Waals surface area contributed by atoms with E-state index in [1.54, 1.807) is 14.2 Å². The quantitative estimate of drug-likeness (QED) is 0.871. The molecule has 2 N–H and O–H groups in total. The Morgan fingerprint density at radius 2 is 1.94 bits per heavy atom. The van der Waals surface area contributed by atoms with Crippen molar-refractivity contribution in [3.63, 3.8) is 0 Å². The molecule has 0 amide bonds. The van der Waals surface area contributed by atoms with E-state index in [4.69, 9.17) is 15.2 Å². The Labute approximate surface area is 103 Å². The van der Waals surface area contributed by atoms with Gasteiger partial charge in [-0.2, -0.15) is 0 Å². The van der Waals surface area contributed by atoms with Crippen LogP contribution in [0.5, 0.6) is 11.5 Å². The van der Waals surface area contributed by atoms with Crippen molar-refractivity contribution in [3.8, 4) is 11.5 Å². The van der Waals surface area contributed by atoms with Gasteiger partial charge in [-0.1, -0.05) is 6.07 Å². The lowest BCUT2D eigenvalue weighted by atomic mass is 9.77. The van der Waals surface area contributed by atoms with Gasteiger partial charge in [0.25, 0.3) is 0 Å². The normalized spacial score (nSPS) is 23.1. The first kappa shape index (κ1) is 12.2. The minimum atomic E-state index is 0.408. The molecule has 0 unspecified atom stereocenters. The maximum atomic E-state index is 5.82. The number of rotatable bonds is 4. The first-order chi connectivity index (χ1) is 8.15. The summed E-state index contributed by atoms with van der Waals surface area (Å²) in [6, 6.07) is 4.53. The van der Waals surface area contributed by atoms with Gasteiger partial charge in [-0.05, 0) is 43.7 Å². The molecule has 0 atom stereocenters. The van der Waals surface area contributed by atoms with Crippen LogP contribution in [-0.4, -0.2) is 20.3 Å². The Balaban J connectivity index is 2.18.